The third-order valence-corrected chi connectivity index (χ3v) is 5.74. The van der Waals surface area contributed by atoms with Gasteiger partial charge in [-0.3, -0.25) is 4.55 Å². The maximum atomic E-state index is 11.4. The summed E-state index contributed by atoms with van der Waals surface area (Å²) in [5, 5.41) is -0.533. The van der Waals surface area contributed by atoms with E-state index in [2.05, 4.69) is 13.8 Å². The Balaban J connectivity index is 3.73. The van der Waals surface area contributed by atoms with Crippen molar-refractivity contribution >= 4 is 10.1 Å². The van der Waals surface area contributed by atoms with E-state index in [1.54, 1.807) is 0 Å². The maximum absolute atomic E-state index is 11.4. The SMILES string of the molecule is CCCCCCCCCCC(CCCCCCC)S(=O)(=O)O. The molecule has 134 valence electrons. The van der Waals surface area contributed by atoms with Gasteiger partial charge in [-0.25, -0.2) is 0 Å². The van der Waals surface area contributed by atoms with E-state index in [9.17, 15) is 13.0 Å². The van der Waals surface area contributed by atoms with E-state index in [1.807, 2.05) is 0 Å². The zero-order chi connectivity index (χ0) is 16.7. The van der Waals surface area contributed by atoms with E-state index in [0.717, 1.165) is 25.7 Å². The molecule has 0 aliphatic rings. The Bertz CT molecular complexity index is 325. The maximum Gasteiger partial charge on any atom is 0.267 e. The number of unbranched alkanes of at least 4 members (excludes halogenated alkanes) is 11. The molecule has 3 nitrogen and oxygen atoms in total. The predicted molar refractivity (Wildman–Crippen MR) is 95.9 cm³/mol. The lowest BCUT2D eigenvalue weighted by Crippen LogP contribution is -2.20. The van der Waals surface area contributed by atoms with Gasteiger partial charge in [0, 0.05) is 0 Å². The van der Waals surface area contributed by atoms with Gasteiger partial charge < -0.3 is 0 Å². The molecule has 1 unspecified atom stereocenters. The molecule has 0 aromatic heterocycles. The van der Waals surface area contributed by atoms with Gasteiger partial charge in [0.15, 0.2) is 0 Å². The minimum atomic E-state index is -3.86. The van der Waals surface area contributed by atoms with E-state index in [4.69, 9.17) is 0 Å². The standard InChI is InChI=1S/C18H38O3S/c1-3-5-7-9-10-11-13-15-17-18(22(19,20)21)16-14-12-8-6-4-2/h18H,3-17H2,1-2H3,(H,19,20,21). The van der Waals surface area contributed by atoms with E-state index in [1.165, 1.54) is 57.8 Å². The Morgan fingerprint density at radius 3 is 1.27 bits per heavy atom. The molecule has 0 aliphatic carbocycles. The number of hydrogen-bond donors (Lipinski definition) is 1. The van der Waals surface area contributed by atoms with Crippen LogP contribution < -0.4 is 0 Å². The van der Waals surface area contributed by atoms with Crippen molar-refractivity contribution in [3.8, 4) is 0 Å². The molecular formula is C18H38O3S. The van der Waals surface area contributed by atoms with Gasteiger partial charge in [0.05, 0.1) is 5.25 Å². The van der Waals surface area contributed by atoms with Gasteiger partial charge >= 0.3 is 0 Å². The Hall–Kier alpha value is -0.0900. The highest BCUT2D eigenvalue weighted by Gasteiger charge is 2.21. The topological polar surface area (TPSA) is 54.4 Å². The molecule has 0 bridgehead atoms. The van der Waals surface area contributed by atoms with E-state index >= 15 is 0 Å². The van der Waals surface area contributed by atoms with E-state index < -0.39 is 15.4 Å². The lowest BCUT2D eigenvalue weighted by Gasteiger charge is -2.13. The molecule has 0 radical (unpaired) electrons. The molecule has 0 saturated heterocycles. The highest BCUT2D eigenvalue weighted by molar-refractivity contribution is 7.86. The van der Waals surface area contributed by atoms with Gasteiger partial charge in [0.25, 0.3) is 10.1 Å². The van der Waals surface area contributed by atoms with Crippen molar-refractivity contribution in [2.24, 2.45) is 0 Å². The predicted octanol–water partition coefficient (Wildman–Crippen LogP) is 6.13. The van der Waals surface area contributed by atoms with Crippen LogP contribution in [0, 0.1) is 0 Å². The second-order valence-electron chi connectivity index (χ2n) is 6.60. The molecule has 0 aromatic carbocycles. The van der Waals surface area contributed by atoms with Crippen LogP contribution in [0.25, 0.3) is 0 Å². The zero-order valence-corrected chi connectivity index (χ0v) is 15.7. The third-order valence-electron chi connectivity index (χ3n) is 4.43. The van der Waals surface area contributed by atoms with Crippen molar-refractivity contribution in [1.29, 1.82) is 0 Å². The van der Waals surface area contributed by atoms with Crippen LogP contribution in [0.15, 0.2) is 0 Å². The number of hydrogen-bond acceptors (Lipinski definition) is 2. The molecule has 1 atom stereocenters. The first-order valence-electron chi connectivity index (χ1n) is 9.48. The summed E-state index contributed by atoms with van der Waals surface area (Å²) in [5.74, 6) is 0. The first kappa shape index (κ1) is 21.9. The van der Waals surface area contributed by atoms with Gasteiger partial charge in [0.2, 0.25) is 0 Å². The Labute approximate surface area is 139 Å². The molecule has 0 amide bonds. The van der Waals surface area contributed by atoms with Crippen LogP contribution >= 0.6 is 0 Å². The fraction of sp³-hybridized carbons (Fsp3) is 1.00. The average molecular weight is 335 g/mol. The van der Waals surface area contributed by atoms with E-state index in [0.29, 0.717) is 12.8 Å². The van der Waals surface area contributed by atoms with Crippen molar-refractivity contribution in [1.82, 2.24) is 0 Å². The molecule has 0 fully saturated rings. The fourth-order valence-electron chi connectivity index (χ4n) is 2.92. The molecule has 0 rings (SSSR count). The molecule has 0 spiro atoms. The summed E-state index contributed by atoms with van der Waals surface area (Å²) < 4.78 is 32.2. The zero-order valence-electron chi connectivity index (χ0n) is 14.9. The normalized spacial score (nSPS) is 13.4. The summed E-state index contributed by atoms with van der Waals surface area (Å²) in [4.78, 5) is 0. The van der Waals surface area contributed by atoms with Crippen molar-refractivity contribution < 1.29 is 13.0 Å². The molecule has 4 heteroatoms. The Kier molecular flexibility index (Phi) is 14.4. The van der Waals surface area contributed by atoms with Crippen molar-refractivity contribution in [3.63, 3.8) is 0 Å². The van der Waals surface area contributed by atoms with E-state index in [-0.39, 0.29) is 0 Å². The minimum Gasteiger partial charge on any atom is -0.285 e. The van der Waals surface area contributed by atoms with Crippen LogP contribution in [0.5, 0.6) is 0 Å². The summed E-state index contributed by atoms with van der Waals surface area (Å²) in [7, 11) is -3.86. The summed E-state index contributed by atoms with van der Waals surface area (Å²) in [6.07, 6.45) is 16.5. The first-order valence-corrected chi connectivity index (χ1v) is 11.0. The number of rotatable bonds is 16. The van der Waals surface area contributed by atoms with Crippen molar-refractivity contribution in [2.45, 2.75) is 115 Å². The smallest absolute Gasteiger partial charge is 0.267 e. The van der Waals surface area contributed by atoms with Crippen LogP contribution in [-0.2, 0) is 10.1 Å². The Morgan fingerprint density at radius 1 is 0.636 bits per heavy atom. The molecule has 1 N–H and O–H groups in total. The summed E-state index contributed by atoms with van der Waals surface area (Å²) in [5.41, 5.74) is 0. The first-order chi connectivity index (χ1) is 10.5. The summed E-state index contributed by atoms with van der Waals surface area (Å²) in [6, 6.07) is 0. The van der Waals surface area contributed by atoms with Crippen molar-refractivity contribution in [2.75, 3.05) is 0 Å². The Morgan fingerprint density at radius 2 is 0.955 bits per heavy atom. The summed E-state index contributed by atoms with van der Waals surface area (Å²) >= 11 is 0. The fourth-order valence-corrected chi connectivity index (χ4v) is 3.85. The lowest BCUT2D eigenvalue weighted by atomic mass is 10.0. The van der Waals surface area contributed by atoms with Crippen LogP contribution in [0.3, 0.4) is 0 Å². The molecular weight excluding hydrogens is 296 g/mol. The summed E-state index contributed by atoms with van der Waals surface area (Å²) in [6.45, 7) is 4.39. The van der Waals surface area contributed by atoms with Crippen LogP contribution in [-0.4, -0.2) is 18.2 Å². The average Bonchev–Trinajstić information content (AvgIpc) is 2.46. The highest BCUT2D eigenvalue weighted by Crippen LogP contribution is 2.19. The lowest BCUT2D eigenvalue weighted by molar-refractivity contribution is 0.442. The molecule has 0 heterocycles. The van der Waals surface area contributed by atoms with Gasteiger partial charge in [0.1, 0.15) is 0 Å². The monoisotopic (exact) mass is 334 g/mol. The quantitative estimate of drug-likeness (QED) is 0.273. The molecule has 22 heavy (non-hydrogen) atoms. The van der Waals surface area contributed by atoms with Gasteiger partial charge in [-0.05, 0) is 12.8 Å². The second kappa shape index (κ2) is 14.5. The largest absolute Gasteiger partial charge is 0.285 e. The van der Waals surface area contributed by atoms with Gasteiger partial charge in [-0.2, -0.15) is 8.42 Å². The highest BCUT2D eigenvalue weighted by atomic mass is 32.2. The molecule has 0 aromatic rings. The molecule has 0 saturated carbocycles. The molecule has 0 aliphatic heterocycles. The third kappa shape index (κ3) is 13.6. The van der Waals surface area contributed by atoms with Crippen LogP contribution in [0.4, 0.5) is 0 Å². The van der Waals surface area contributed by atoms with Crippen LogP contribution in [0.1, 0.15) is 110 Å². The van der Waals surface area contributed by atoms with Gasteiger partial charge in [-0.1, -0.05) is 97.3 Å². The minimum absolute atomic E-state index is 0.533. The van der Waals surface area contributed by atoms with Crippen molar-refractivity contribution in [3.05, 3.63) is 0 Å². The second-order valence-corrected chi connectivity index (χ2v) is 8.30. The van der Waals surface area contributed by atoms with Crippen LogP contribution in [0.2, 0.25) is 0 Å². The van der Waals surface area contributed by atoms with Gasteiger partial charge in [-0.15, -0.1) is 0 Å².